The number of carbonyl (C=O) groups excluding carboxylic acids is 1. The van der Waals surface area contributed by atoms with Gasteiger partial charge in [-0.2, -0.15) is 0 Å². The van der Waals surface area contributed by atoms with Gasteiger partial charge in [0.25, 0.3) is 0 Å². The molecule has 0 aliphatic carbocycles. The van der Waals surface area contributed by atoms with E-state index >= 15 is 0 Å². The average molecular weight is 328 g/mol. The second-order valence-corrected chi connectivity index (χ2v) is 7.15. The molecule has 1 amide bonds. The number of aryl methyl sites for hydroxylation is 1. The fraction of sp³-hybridized carbons (Fsp3) is 0.500. The zero-order chi connectivity index (χ0) is 17.5. The number of benzene rings is 1. The molecule has 6 heteroatoms. The fourth-order valence-corrected chi connectivity index (χ4v) is 3.33. The zero-order valence-corrected chi connectivity index (χ0v) is 14.7. The molecule has 128 valence electrons. The van der Waals surface area contributed by atoms with Crippen LogP contribution in [-0.4, -0.2) is 37.2 Å². The summed E-state index contributed by atoms with van der Waals surface area (Å²) in [7, 11) is 1.69. The highest BCUT2D eigenvalue weighted by atomic mass is 16.2. The summed E-state index contributed by atoms with van der Waals surface area (Å²) >= 11 is 0. The van der Waals surface area contributed by atoms with Gasteiger partial charge in [-0.15, -0.1) is 5.10 Å². The van der Waals surface area contributed by atoms with Gasteiger partial charge in [-0.25, -0.2) is 9.48 Å². The van der Waals surface area contributed by atoms with Crippen molar-refractivity contribution in [2.24, 2.45) is 7.05 Å². The van der Waals surface area contributed by atoms with Crippen molar-refractivity contribution in [2.45, 2.75) is 45.7 Å². The maximum Gasteiger partial charge on any atom is 0.346 e. The molecular weight excluding hydrogens is 304 g/mol. The van der Waals surface area contributed by atoms with E-state index in [4.69, 9.17) is 0 Å². The van der Waals surface area contributed by atoms with Gasteiger partial charge in [-0.1, -0.05) is 29.8 Å². The van der Waals surface area contributed by atoms with E-state index in [1.807, 2.05) is 36.1 Å². The third kappa shape index (κ3) is 2.88. The number of amides is 1. The first-order chi connectivity index (χ1) is 11.3. The third-order valence-electron chi connectivity index (χ3n) is 4.84. The summed E-state index contributed by atoms with van der Waals surface area (Å²) in [5.74, 6) is 0.529. The van der Waals surface area contributed by atoms with E-state index in [1.165, 1.54) is 9.25 Å². The minimum Gasteiger partial charge on any atom is -0.336 e. The number of carbonyl (C=O) groups is 1. The van der Waals surface area contributed by atoms with Gasteiger partial charge in [-0.3, -0.25) is 9.36 Å². The van der Waals surface area contributed by atoms with Gasteiger partial charge in [-0.05, 0) is 33.6 Å². The van der Waals surface area contributed by atoms with Crippen molar-refractivity contribution in [1.82, 2.24) is 19.2 Å². The van der Waals surface area contributed by atoms with Gasteiger partial charge in [0, 0.05) is 24.7 Å². The van der Waals surface area contributed by atoms with Crippen LogP contribution in [0, 0.1) is 6.92 Å². The lowest BCUT2D eigenvalue weighted by Crippen LogP contribution is -2.45. The Bertz CT molecular complexity index is 815. The summed E-state index contributed by atoms with van der Waals surface area (Å²) in [6.07, 6.45) is 1.99. The molecule has 1 aromatic carbocycles. The molecule has 1 saturated heterocycles. The predicted octanol–water partition coefficient (Wildman–Crippen LogP) is 1.96. The molecule has 0 bridgehead atoms. The minimum atomic E-state index is -0.268. The molecule has 0 atom stereocenters. The minimum absolute atomic E-state index is 0.0119. The first kappa shape index (κ1) is 16.5. The van der Waals surface area contributed by atoms with Gasteiger partial charge in [0.2, 0.25) is 5.91 Å². The van der Waals surface area contributed by atoms with Crippen molar-refractivity contribution >= 4 is 5.91 Å². The monoisotopic (exact) mass is 328 g/mol. The van der Waals surface area contributed by atoms with Crippen LogP contribution < -0.4 is 5.69 Å². The summed E-state index contributed by atoms with van der Waals surface area (Å²) in [6.45, 7) is 6.88. The highest BCUT2D eigenvalue weighted by molar-refractivity contribution is 5.77. The van der Waals surface area contributed by atoms with Crippen molar-refractivity contribution in [2.75, 3.05) is 6.54 Å². The predicted molar refractivity (Wildman–Crippen MR) is 92.7 cm³/mol. The molecule has 1 aromatic heterocycles. The van der Waals surface area contributed by atoms with Crippen LogP contribution in [0.3, 0.4) is 0 Å². The van der Waals surface area contributed by atoms with Crippen LogP contribution in [0.1, 0.15) is 32.3 Å². The molecule has 2 aromatic rings. The molecule has 0 saturated carbocycles. The van der Waals surface area contributed by atoms with E-state index in [9.17, 15) is 9.59 Å². The first-order valence-electron chi connectivity index (χ1n) is 8.31. The maximum absolute atomic E-state index is 12.6. The molecule has 0 N–H and O–H groups in total. The Morgan fingerprint density at radius 2 is 1.92 bits per heavy atom. The molecule has 1 aliphatic rings. The summed E-state index contributed by atoms with van der Waals surface area (Å²) in [5, 5.41) is 4.39. The fourth-order valence-electron chi connectivity index (χ4n) is 3.33. The highest BCUT2D eigenvalue weighted by Gasteiger charge is 2.35. The molecule has 0 radical (unpaired) electrons. The van der Waals surface area contributed by atoms with E-state index in [2.05, 4.69) is 18.9 Å². The number of likely N-dealkylation sites (tertiary alicyclic amines) is 1. The molecule has 1 fully saturated rings. The molecule has 1 aliphatic heterocycles. The van der Waals surface area contributed by atoms with Crippen molar-refractivity contribution < 1.29 is 4.79 Å². The van der Waals surface area contributed by atoms with Crippen molar-refractivity contribution in [3.05, 3.63) is 40.3 Å². The van der Waals surface area contributed by atoms with E-state index < -0.39 is 0 Å². The first-order valence-corrected chi connectivity index (χ1v) is 8.31. The SMILES string of the molecule is Cc1ccc(-c2nn(CC(=O)N3CCCC3(C)C)c(=O)n2C)cc1. The standard InChI is InChI=1S/C18H24N4O2/c1-13-6-8-14(9-7-13)16-19-22(17(24)20(16)4)12-15(23)21-11-5-10-18(21,2)3/h6-9H,5,10-12H2,1-4H3. The lowest BCUT2D eigenvalue weighted by Gasteiger charge is -2.31. The lowest BCUT2D eigenvalue weighted by molar-refractivity contribution is -0.135. The van der Waals surface area contributed by atoms with Gasteiger partial charge in [0.05, 0.1) is 0 Å². The smallest absolute Gasteiger partial charge is 0.336 e. The van der Waals surface area contributed by atoms with Gasteiger partial charge in [0.1, 0.15) is 6.54 Å². The van der Waals surface area contributed by atoms with E-state index in [0.717, 1.165) is 30.5 Å². The van der Waals surface area contributed by atoms with Gasteiger partial charge >= 0.3 is 5.69 Å². The van der Waals surface area contributed by atoms with Crippen molar-refractivity contribution in [3.8, 4) is 11.4 Å². The van der Waals surface area contributed by atoms with Crippen LogP contribution in [0.15, 0.2) is 29.1 Å². The lowest BCUT2D eigenvalue weighted by atomic mass is 10.0. The van der Waals surface area contributed by atoms with E-state index in [1.54, 1.807) is 7.05 Å². The van der Waals surface area contributed by atoms with Crippen LogP contribution in [0.4, 0.5) is 0 Å². The van der Waals surface area contributed by atoms with Crippen LogP contribution in [0.25, 0.3) is 11.4 Å². The Hall–Kier alpha value is -2.37. The van der Waals surface area contributed by atoms with Crippen molar-refractivity contribution in [1.29, 1.82) is 0 Å². The maximum atomic E-state index is 12.6. The summed E-state index contributed by atoms with van der Waals surface area (Å²) in [5.41, 5.74) is 1.60. The summed E-state index contributed by atoms with van der Waals surface area (Å²) < 4.78 is 2.76. The Morgan fingerprint density at radius 3 is 2.50 bits per heavy atom. The Labute approximate surface area is 141 Å². The van der Waals surface area contributed by atoms with Crippen LogP contribution in [0.5, 0.6) is 0 Å². The molecule has 3 rings (SSSR count). The topological polar surface area (TPSA) is 60.1 Å². The summed E-state index contributed by atoms with van der Waals surface area (Å²) in [4.78, 5) is 26.9. The quantitative estimate of drug-likeness (QED) is 0.865. The van der Waals surface area contributed by atoms with Crippen LogP contribution >= 0.6 is 0 Å². The van der Waals surface area contributed by atoms with Crippen LogP contribution in [0.2, 0.25) is 0 Å². The van der Waals surface area contributed by atoms with Crippen LogP contribution in [-0.2, 0) is 18.4 Å². The number of hydrogen-bond donors (Lipinski definition) is 0. The molecule has 24 heavy (non-hydrogen) atoms. The number of rotatable bonds is 3. The van der Waals surface area contributed by atoms with Gasteiger partial charge < -0.3 is 4.90 Å². The normalized spacial score (nSPS) is 16.6. The zero-order valence-electron chi connectivity index (χ0n) is 14.7. The Morgan fingerprint density at radius 1 is 1.25 bits per heavy atom. The largest absolute Gasteiger partial charge is 0.346 e. The van der Waals surface area contributed by atoms with E-state index in [-0.39, 0.29) is 23.7 Å². The second-order valence-electron chi connectivity index (χ2n) is 7.15. The average Bonchev–Trinajstić information content (AvgIpc) is 3.02. The number of nitrogens with zero attached hydrogens (tertiary/aromatic N) is 4. The van der Waals surface area contributed by atoms with Gasteiger partial charge in [0.15, 0.2) is 5.82 Å². The van der Waals surface area contributed by atoms with E-state index in [0.29, 0.717) is 5.82 Å². The molecule has 0 unspecified atom stereocenters. The molecular formula is C18H24N4O2. The molecule has 0 spiro atoms. The van der Waals surface area contributed by atoms with Crippen molar-refractivity contribution in [3.63, 3.8) is 0 Å². The number of aromatic nitrogens is 3. The molecule has 6 nitrogen and oxygen atoms in total. The Kier molecular flexibility index (Phi) is 4.07. The summed E-state index contributed by atoms with van der Waals surface area (Å²) in [6, 6.07) is 7.84. The third-order valence-corrected chi connectivity index (χ3v) is 4.84. The highest BCUT2D eigenvalue weighted by Crippen LogP contribution is 2.28. The number of hydrogen-bond acceptors (Lipinski definition) is 3. The second kappa shape index (κ2) is 5.92. The Balaban J connectivity index is 1.87. The molecule has 2 heterocycles.